The van der Waals surface area contributed by atoms with Crippen molar-refractivity contribution < 1.29 is 9.47 Å². The zero-order chi connectivity index (χ0) is 18.1. The van der Waals surface area contributed by atoms with Crippen LogP contribution >= 0.6 is 23.2 Å². The molecule has 0 aliphatic heterocycles. The van der Waals surface area contributed by atoms with Crippen LogP contribution < -0.4 is 14.8 Å². The van der Waals surface area contributed by atoms with Gasteiger partial charge in [0, 0.05) is 22.7 Å². The van der Waals surface area contributed by atoms with E-state index in [1.807, 2.05) is 43.3 Å². The van der Waals surface area contributed by atoms with Gasteiger partial charge in [-0.1, -0.05) is 48.7 Å². The lowest BCUT2D eigenvalue weighted by atomic mass is 10.2. The molecule has 1 N–H and O–H groups in total. The molecule has 0 unspecified atom stereocenters. The predicted octanol–water partition coefficient (Wildman–Crippen LogP) is 5.86. The summed E-state index contributed by atoms with van der Waals surface area (Å²) in [4.78, 5) is 0. The van der Waals surface area contributed by atoms with Crippen LogP contribution in [0.3, 0.4) is 0 Å². The summed E-state index contributed by atoms with van der Waals surface area (Å²) in [5.41, 5.74) is 2.05. The lowest BCUT2D eigenvalue weighted by Gasteiger charge is -2.15. The van der Waals surface area contributed by atoms with Crippen molar-refractivity contribution in [3.05, 3.63) is 57.6 Å². The molecule has 0 saturated carbocycles. The third-order valence-electron chi connectivity index (χ3n) is 3.74. The molecule has 136 valence electrons. The standard InChI is InChI=1S/C20H25Cl2NO2/c1-3-5-10-23-13-16-11-19(24-4-2)20(12-18(16)22)25-14-15-6-8-17(21)9-7-15/h6-9,11-12,23H,3-5,10,13-14H2,1-2H3. The molecule has 0 amide bonds. The van der Waals surface area contributed by atoms with E-state index in [0.717, 1.165) is 30.6 Å². The number of unbranched alkanes of at least 4 members (excludes halogenated alkanes) is 1. The van der Waals surface area contributed by atoms with Crippen molar-refractivity contribution >= 4 is 23.2 Å². The third-order valence-corrected chi connectivity index (χ3v) is 4.35. The lowest BCUT2D eigenvalue weighted by molar-refractivity contribution is 0.269. The van der Waals surface area contributed by atoms with E-state index < -0.39 is 0 Å². The van der Waals surface area contributed by atoms with Crippen molar-refractivity contribution in [1.82, 2.24) is 5.32 Å². The number of halogens is 2. The van der Waals surface area contributed by atoms with Crippen LogP contribution in [0, 0.1) is 0 Å². The number of hydrogen-bond acceptors (Lipinski definition) is 3. The molecule has 2 aromatic carbocycles. The Morgan fingerprint density at radius 3 is 2.36 bits per heavy atom. The summed E-state index contributed by atoms with van der Waals surface area (Å²) in [5, 5.41) is 4.79. The van der Waals surface area contributed by atoms with Gasteiger partial charge in [-0.15, -0.1) is 0 Å². The van der Waals surface area contributed by atoms with Gasteiger partial charge < -0.3 is 14.8 Å². The lowest BCUT2D eigenvalue weighted by Crippen LogP contribution is -2.15. The smallest absolute Gasteiger partial charge is 0.163 e. The van der Waals surface area contributed by atoms with Gasteiger partial charge in [0.1, 0.15) is 6.61 Å². The van der Waals surface area contributed by atoms with Gasteiger partial charge in [0.05, 0.1) is 6.61 Å². The van der Waals surface area contributed by atoms with Crippen LogP contribution in [-0.4, -0.2) is 13.2 Å². The Balaban J connectivity index is 2.07. The molecule has 2 aromatic rings. The Kier molecular flexibility index (Phi) is 8.39. The number of ether oxygens (including phenoxy) is 2. The van der Waals surface area contributed by atoms with Gasteiger partial charge in [-0.25, -0.2) is 0 Å². The molecule has 0 fully saturated rings. The van der Waals surface area contributed by atoms with Crippen LogP contribution in [0.5, 0.6) is 11.5 Å². The van der Waals surface area contributed by atoms with Gasteiger partial charge in [0.15, 0.2) is 11.5 Å². The summed E-state index contributed by atoms with van der Waals surface area (Å²) in [6.07, 6.45) is 2.32. The maximum atomic E-state index is 6.42. The average molecular weight is 382 g/mol. The molecule has 0 heterocycles. The maximum absolute atomic E-state index is 6.42. The molecule has 0 aromatic heterocycles. The summed E-state index contributed by atoms with van der Waals surface area (Å²) < 4.78 is 11.7. The van der Waals surface area contributed by atoms with E-state index >= 15 is 0 Å². The molecule has 0 bridgehead atoms. The monoisotopic (exact) mass is 381 g/mol. The molecule has 0 radical (unpaired) electrons. The number of benzene rings is 2. The SMILES string of the molecule is CCCCNCc1cc(OCC)c(OCc2ccc(Cl)cc2)cc1Cl. The van der Waals surface area contributed by atoms with E-state index in [9.17, 15) is 0 Å². The second-order valence-electron chi connectivity index (χ2n) is 5.77. The number of rotatable bonds is 10. The highest BCUT2D eigenvalue weighted by Gasteiger charge is 2.11. The quantitative estimate of drug-likeness (QED) is 0.522. The van der Waals surface area contributed by atoms with E-state index in [1.165, 1.54) is 6.42 Å². The first-order valence-electron chi connectivity index (χ1n) is 8.67. The van der Waals surface area contributed by atoms with Crippen LogP contribution in [-0.2, 0) is 13.2 Å². The zero-order valence-electron chi connectivity index (χ0n) is 14.8. The second-order valence-corrected chi connectivity index (χ2v) is 6.61. The zero-order valence-corrected chi connectivity index (χ0v) is 16.3. The Hall–Kier alpha value is -1.42. The Morgan fingerprint density at radius 1 is 0.960 bits per heavy atom. The predicted molar refractivity (Wildman–Crippen MR) is 105 cm³/mol. The minimum atomic E-state index is 0.432. The van der Waals surface area contributed by atoms with E-state index in [2.05, 4.69) is 12.2 Å². The molecular weight excluding hydrogens is 357 g/mol. The van der Waals surface area contributed by atoms with Gasteiger partial charge in [-0.05, 0) is 49.2 Å². The summed E-state index contributed by atoms with van der Waals surface area (Å²) >= 11 is 12.3. The third kappa shape index (κ3) is 6.43. The fraction of sp³-hybridized carbons (Fsp3) is 0.400. The van der Waals surface area contributed by atoms with Crippen molar-refractivity contribution in [2.45, 2.75) is 39.8 Å². The molecule has 0 aliphatic carbocycles. The summed E-state index contributed by atoms with van der Waals surface area (Å²) in [7, 11) is 0. The van der Waals surface area contributed by atoms with Gasteiger partial charge >= 0.3 is 0 Å². The molecule has 0 spiro atoms. The summed E-state index contributed by atoms with van der Waals surface area (Å²) in [6.45, 7) is 6.83. The van der Waals surface area contributed by atoms with Gasteiger partial charge in [0.2, 0.25) is 0 Å². The van der Waals surface area contributed by atoms with Crippen LogP contribution in [0.25, 0.3) is 0 Å². The van der Waals surface area contributed by atoms with Crippen molar-refractivity contribution in [3.63, 3.8) is 0 Å². The first-order chi connectivity index (χ1) is 12.1. The Bertz CT molecular complexity index is 659. The van der Waals surface area contributed by atoms with Crippen molar-refractivity contribution in [2.24, 2.45) is 0 Å². The fourth-order valence-electron chi connectivity index (χ4n) is 2.36. The number of hydrogen-bond donors (Lipinski definition) is 1. The van der Waals surface area contributed by atoms with Gasteiger partial charge in [0.25, 0.3) is 0 Å². The largest absolute Gasteiger partial charge is 0.490 e. The van der Waals surface area contributed by atoms with E-state index in [1.54, 1.807) is 0 Å². The van der Waals surface area contributed by atoms with E-state index in [-0.39, 0.29) is 0 Å². The highest BCUT2D eigenvalue weighted by atomic mass is 35.5. The van der Waals surface area contributed by atoms with Crippen LogP contribution in [0.15, 0.2) is 36.4 Å². The minimum Gasteiger partial charge on any atom is -0.490 e. The fourth-order valence-corrected chi connectivity index (χ4v) is 2.71. The molecular formula is C20H25Cl2NO2. The normalized spacial score (nSPS) is 10.7. The molecule has 25 heavy (non-hydrogen) atoms. The Morgan fingerprint density at radius 2 is 1.68 bits per heavy atom. The molecule has 2 rings (SSSR count). The molecule has 0 aliphatic rings. The first-order valence-corrected chi connectivity index (χ1v) is 9.42. The van der Waals surface area contributed by atoms with E-state index in [0.29, 0.717) is 34.8 Å². The van der Waals surface area contributed by atoms with Crippen molar-refractivity contribution in [2.75, 3.05) is 13.2 Å². The van der Waals surface area contributed by atoms with Crippen LogP contribution in [0.4, 0.5) is 0 Å². The highest BCUT2D eigenvalue weighted by Crippen LogP contribution is 2.34. The molecule has 0 atom stereocenters. The first kappa shape index (κ1) is 19.9. The van der Waals surface area contributed by atoms with Crippen LogP contribution in [0.2, 0.25) is 10.0 Å². The molecule has 0 saturated heterocycles. The van der Waals surface area contributed by atoms with Gasteiger partial charge in [-0.3, -0.25) is 0 Å². The molecule has 5 heteroatoms. The average Bonchev–Trinajstić information content (AvgIpc) is 2.61. The number of nitrogens with one attached hydrogen (secondary N) is 1. The maximum Gasteiger partial charge on any atom is 0.163 e. The second kappa shape index (κ2) is 10.5. The van der Waals surface area contributed by atoms with Crippen LogP contribution in [0.1, 0.15) is 37.8 Å². The minimum absolute atomic E-state index is 0.432. The summed E-state index contributed by atoms with van der Waals surface area (Å²) in [6, 6.07) is 11.4. The van der Waals surface area contributed by atoms with Crippen molar-refractivity contribution in [1.29, 1.82) is 0 Å². The van der Waals surface area contributed by atoms with E-state index in [4.69, 9.17) is 32.7 Å². The molecule has 3 nitrogen and oxygen atoms in total. The Labute approximate surface area is 160 Å². The highest BCUT2D eigenvalue weighted by molar-refractivity contribution is 6.31. The van der Waals surface area contributed by atoms with Crippen molar-refractivity contribution in [3.8, 4) is 11.5 Å². The van der Waals surface area contributed by atoms with Gasteiger partial charge in [-0.2, -0.15) is 0 Å². The summed E-state index contributed by atoms with van der Waals surface area (Å²) in [5.74, 6) is 1.37. The topological polar surface area (TPSA) is 30.5 Å².